The highest BCUT2D eigenvalue weighted by Gasteiger charge is 2.25. The average molecular weight is 280 g/mol. The van der Waals surface area contributed by atoms with Crippen molar-refractivity contribution in [3.63, 3.8) is 0 Å². The second-order valence-electron chi connectivity index (χ2n) is 5.89. The highest BCUT2D eigenvalue weighted by Crippen LogP contribution is 2.37. The lowest BCUT2D eigenvalue weighted by atomic mass is 9.82. The lowest BCUT2D eigenvalue weighted by Crippen LogP contribution is -2.23. The topological polar surface area (TPSA) is 29.5 Å². The van der Waals surface area contributed by atoms with Gasteiger partial charge in [-0.25, -0.2) is 0 Å². The highest BCUT2D eigenvalue weighted by atomic mass is 32.2. The molecule has 0 saturated carbocycles. The van der Waals surface area contributed by atoms with Gasteiger partial charge in [0.25, 0.3) is 0 Å². The second kappa shape index (κ2) is 6.19. The van der Waals surface area contributed by atoms with E-state index in [1.54, 1.807) is 7.11 Å². The number of aliphatic hydroxyl groups excluding tert-OH is 1. The Balaban J connectivity index is 2.34. The van der Waals surface area contributed by atoms with Crippen LogP contribution in [0.1, 0.15) is 43.7 Å². The molecule has 0 aromatic heterocycles. The van der Waals surface area contributed by atoms with E-state index in [2.05, 4.69) is 43.8 Å². The lowest BCUT2D eigenvalue weighted by Gasteiger charge is -2.28. The summed E-state index contributed by atoms with van der Waals surface area (Å²) in [6, 6.07) is 6.50. The fourth-order valence-corrected chi connectivity index (χ4v) is 3.73. The van der Waals surface area contributed by atoms with Crippen LogP contribution in [0.15, 0.2) is 18.2 Å². The van der Waals surface area contributed by atoms with Crippen molar-refractivity contribution in [2.45, 2.75) is 38.0 Å². The summed E-state index contributed by atoms with van der Waals surface area (Å²) in [5.74, 6) is 4.07. The van der Waals surface area contributed by atoms with Gasteiger partial charge in [-0.15, -0.1) is 0 Å². The summed E-state index contributed by atoms with van der Waals surface area (Å²) in [5.41, 5.74) is 2.26. The average Bonchev–Trinajstić information content (AvgIpc) is 2.47. The fourth-order valence-electron chi connectivity index (χ4n) is 2.62. The van der Waals surface area contributed by atoms with Gasteiger partial charge in [0, 0.05) is 11.0 Å². The number of hydrogen-bond acceptors (Lipinski definition) is 3. The van der Waals surface area contributed by atoms with Crippen LogP contribution in [0.2, 0.25) is 0 Å². The predicted octanol–water partition coefficient (Wildman–Crippen LogP) is 3.58. The Bertz CT molecular complexity index is 423. The molecule has 0 spiro atoms. The van der Waals surface area contributed by atoms with E-state index < -0.39 is 0 Å². The maximum Gasteiger partial charge on any atom is 0.122 e. The molecular weight excluding hydrogens is 256 g/mol. The number of methoxy groups -OCH3 is 1. The van der Waals surface area contributed by atoms with E-state index in [0.29, 0.717) is 5.92 Å². The van der Waals surface area contributed by atoms with Crippen molar-refractivity contribution in [3.8, 4) is 5.75 Å². The summed E-state index contributed by atoms with van der Waals surface area (Å²) in [5, 5.41) is 9.61. The van der Waals surface area contributed by atoms with E-state index in [1.807, 2.05) is 0 Å². The van der Waals surface area contributed by atoms with E-state index >= 15 is 0 Å². The highest BCUT2D eigenvalue weighted by molar-refractivity contribution is 7.99. The van der Waals surface area contributed by atoms with Gasteiger partial charge >= 0.3 is 0 Å². The molecule has 1 heterocycles. The summed E-state index contributed by atoms with van der Waals surface area (Å²) in [7, 11) is 1.70. The van der Waals surface area contributed by atoms with Gasteiger partial charge < -0.3 is 9.84 Å². The molecule has 1 aromatic carbocycles. The maximum atomic E-state index is 9.61. The minimum atomic E-state index is -0.259. The summed E-state index contributed by atoms with van der Waals surface area (Å²) >= 11 is 2.05. The minimum absolute atomic E-state index is 0.132. The molecule has 0 atom stereocenters. The summed E-state index contributed by atoms with van der Waals surface area (Å²) in [6.07, 6.45) is 2.52. The number of ether oxygens (including phenoxy) is 1. The predicted molar refractivity (Wildman–Crippen MR) is 82.4 cm³/mol. The third kappa shape index (κ3) is 3.26. The molecule has 0 aliphatic carbocycles. The van der Waals surface area contributed by atoms with Crippen LogP contribution in [-0.2, 0) is 5.41 Å². The van der Waals surface area contributed by atoms with Gasteiger partial charge in [0.1, 0.15) is 5.75 Å². The van der Waals surface area contributed by atoms with Gasteiger partial charge in [-0.1, -0.05) is 26.0 Å². The first-order chi connectivity index (χ1) is 9.08. The molecule has 0 amide bonds. The van der Waals surface area contributed by atoms with Crippen molar-refractivity contribution in [2.75, 3.05) is 25.2 Å². The zero-order chi connectivity index (χ0) is 13.9. The Morgan fingerprint density at radius 1 is 1.32 bits per heavy atom. The zero-order valence-corrected chi connectivity index (χ0v) is 12.9. The Hall–Kier alpha value is -0.670. The number of thioether (sulfide) groups is 1. The summed E-state index contributed by atoms with van der Waals surface area (Å²) in [4.78, 5) is 0. The van der Waals surface area contributed by atoms with Crippen LogP contribution in [0.3, 0.4) is 0 Å². The van der Waals surface area contributed by atoms with E-state index in [4.69, 9.17) is 4.74 Å². The van der Waals surface area contributed by atoms with Gasteiger partial charge in [0.15, 0.2) is 0 Å². The normalized spacial score (nSPS) is 17.5. The molecule has 1 aliphatic heterocycles. The Kier molecular flexibility index (Phi) is 4.80. The molecule has 0 radical (unpaired) electrons. The summed E-state index contributed by atoms with van der Waals surface area (Å²) < 4.78 is 5.46. The first-order valence-corrected chi connectivity index (χ1v) is 8.11. The van der Waals surface area contributed by atoms with Gasteiger partial charge in [-0.3, -0.25) is 0 Å². The molecule has 0 unspecified atom stereocenters. The molecule has 2 nitrogen and oxygen atoms in total. The van der Waals surface area contributed by atoms with Crippen LogP contribution < -0.4 is 4.74 Å². The van der Waals surface area contributed by atoms with Crippen molar-refractivity contribution >= 4 is 11.8 Å². The second-order valence-corrected chi connectivity index (χ2v) is 7.11. The van der Waals surface area contributed by atoms with Crippen LogP contribution in [0.5, 0.6) is 5.75 Å². The molecule has 1 saturated heterocycles. The van der Waals surface area contributed by atoms with Gasteiger partial charge in [0.05, 0.1) is 13.7 Å². The summed E-state index contributed by atoms with van der Waals surface area (Å²) in [6.45, 7) is 4.25. The van der Waals surface area contributed by atoms with E-state index in [9.17, 15) is 5.11 Å². The van der Waals surface area contributed by atoms with Crippen molar-refractivity contribution in [1.29, 1.82) is 0 Å². The monoisotopic (exact) mass is 280 g/mol. The van der Waals surface area contributed by atoms with Crippen LogP contribution in [0.4, 0.5) is 0 Å². The Labute approximate surface area is 120 Å². The largest absolute Gasteiger partial charge is 0.496 e. The third-order valence-corrected chi connectivity index (χ3v) is 5.09. The van der Waals surface area contributed by atoms with Crippen LogP contribution >= 0.6 is 11.8 Å². The number of benzene rings is 1. The van der Waals surface area contributed by atoms with Gasteiger partial charge in [-0.05, 0) is 41.9 Å². The van der Waals surface area contributed by atoms with E-state index in [1.165, 1.54) is 29.9 Å². The molecule has 106 valence electrons. The molecule has 1 fully saturated rings. The minimum Gasteiger partial charge on any atom is -0.496 e. The van der Waals surface area contributed by atoms with Crippen LogP contribution in [0, 0.1) is 0 Å². The quantitative estimate of drug-likeness (QED) is 0.914. The van der Waals surface area contributed by atoms with Crippen molar-refractivity contribution in [2.24, 2.45) is 0 Å². The van der Waals surface area contributed by atoms with Gasteiger partial charge in [-0.2, -0.15) is 11.8 Å². The molecule has 1 N–H and O–H groups in total. The standard InChI is InChI=1S/C16H24O2S/c1-16(2,11-17)14-10-13(4-5-15(14)18-3)12-6-8-19-9-7-12/h4-5,10,12,17H,6-9,11H2,1-3H3. The third-order valence-electron chi connectivity index (χ3n) is 4.04. The van der Waals surface area contributed by atoms with Crippen molar-refractivity contribution in [1.82, 2.24) is 0 Å². The fraction of sp³-hybridized carbons (Fsp3) is 0.625. The van der Waals surface area contributed by atoms with Crippen molar-refractivity contribution < 1.29 is 9.84 Å². The molecule has 3 heteroatoms. The molecule has 0 bridgehead atoms. The van der Waals surface area contributed by atoms with Crippen molar-refractivity contribution in [3.05, 3.63) is 29.3 Å². The number of hydrogen-bond donors (Lipinski definition) is 1. The number of rotatable bonds is 4. The maximum absolute atomic E-state index is 9.61. The molecule has 19 heavy (non-hydrogen) atoms. The Morgan fingerprint density at radius 2 is 2.00 bits per heavy atom. The van der Waals surface area contributed by atoms with E-state index in [0.717, 1.165) is 11.3 Å². The van der Waals surface area contributed by atoms with Gasteiger partial charge in [0.2, 0.25) is 0 Å². The van der Waals surface area contributed by atoms with E-state index in [-0.39, 0.29) is 12.0 Å². The van der Waals surface area contributed by atoms with Crippen LogP contribution in [0.25, 0.3) is 0 Å². The molecule has 1 aliphatic rings. The van der Waals surface area contributed by atoms with Crippen LogP contribution in [-0.4, -0.2) is 30.3 Å². The lowest BCUT2D eigenvalue weighted by molar-refractivity contribution is 0.214. The molecule has 2 rings (SSSR count). The number of aliphatic hydroxyl groups is 1. The molecular formula is C16H24O2S. The Morgan fingerprint density at radius 3 is 2.58 bits per heavy atom. The zero-order valence-electron chi connectivity index (χ0n) is 12.1. The molecule has 1 aromatic rings. The SMILES string of the molecule is COc1ccc(C2CCSCC2)cc1C(C)(C)CO. The smallest absolute Gasteiger partial charge is 0.122 e. The first kappa shape index (κ1) is 14.7. The first-order valence-electron chi connectivity index (χ1n) is 6.95.